The highest BCUT2D eigenvalue weighted by atomic mass is 16.5. The number of ether oxygens (including phenoxy) is 1. The molecule has 2 aromatic heterocycles. The predicted octanol–water partition coefficient (Wildman–Crippen LogP) is 4.67. The minimum absolute atomic E-state index is 0.235. The molecule has 4 aromatic rings. The minimum Gasteiger partial charge on any atom is -0.487 e. The van der Waals surface area contributed by atoms with Crippen molar-refractivity contribution in [1.29, 1.82) is 0 Å². The van der Waals surface area contributed by atoms with E-state index in [0.717, 1.165) is 28.1 Å². The van der Waals surface area contributed by atoms with E-state index in [9.17, 15) is 4.79 Å². The molecule has 0 aliphatic carbocycles. The Bertz CT molecular complexity index is 1170. The van der Waals surface area contributed by atoms with Crippen LogP contribution in [0.4, 0.5) is 5.69 Å². The normalized spacial score (nSPS) is 10.9. The minimum atomic E-state index is -0.235. The summed E-state index contributed by atoms with van der Waals surface area (Å²) in [5.74, 6) is 0.901. The van der Waals surface area contributed by atoms with Gasteiger partial charge in [0.05, 0.1) is 5.69 Å². The van der Waals surface area contributed by atoms with Crippen molar-refractivity contribution in [3.8, 4) is 17.2 Å². The first-order valence-corrected chi connectivity index (χ1v) is 9.66. The van der Waals surface area contributed by atoms with Gasteiger partial charge in [0, 0.05) is 23.5 Å². The average Bonchev–Trinajstić information content (AvgIpc) is 3.34. The number of carbonyl (C=O) groups is 1. The second-order valence-corrected chi connectivity index (χ2v) is 6.77. The molecule has 0 unspecified atom stereocenters. The van der Waals surface area contributed by atoms with Crippen molar-refractivity contribution in [3.63, 3.8) is 0 Å². The van der Waals surface area contributed by atoms with Crippen molar-refractivity contribution in [1.82, 2.24) is 15.2 Å². The van der Waals surface area contributed by atoms with Crippen LogP contribution in [0.2, 0.25) is 0 Å². The lowest BCUT2D eigenvalue weighted by Gasteiger charge is -2.08. The molecule has 31 heavy (non-hydrogen) atoms. The summed E-state index contributed by atoms with van der Waals surface area (Å²) in [6.45, 7) is 2.32. The Morgan fingerprint density at radius 2 is 2.00 bits per heavy atom. The summed E-state index contributed by atoms with van der Waals surface area (Å²) in [6.07, 6.45) is 6.24. The van der Waals surface area contributed by atoms with E-state index in [1.54, 1.807) is 12.3 Å². The molecular weight excluding hydrogens is 392 g/mol. The van der Waals surface area contributed by atoms with Crippen LogP contribution in [0.1, 0.15) is 16.8 Å². The van der Waals surface area contributed by atoms with Gasteiger partial charge in [0.15, 0.2) is 0 Å². The van der Waals surface area contributed by atoms with Gasteiger partial charge in [-0.15, -0.1) is 10.2 Å². The lowest BCUT2D eigenvalue weighted by Crippen LogP contribution is -2.09. The molecule has 0 bridgehead atoms. The zero-order valence-corrected chi connectivity index (χ0v) is 16.9. The van der Waals surface area contributed by atoms with Crippen LogP contribution in [0, 0.1) is 6.92 Å². The number of benzene rings is 2. The molecule has 154 valence electrons. The van der Waals surface area contributed by atoms with E-state index < -0.39 is 0 Å². The summed E-state index contributed by atoms with van der Waals surface area (Å²) in [5, 5.41) is 10.5. The van der Waals surface area contributed by atoms with Crippen molar-refractivity contribution in [2.75, 3.05) is 5.32 Å². The van der Waals surface area contributed by atoms with Crippen LogP contribution in [0.25, 0.3) is 17.5 Å². The maximum Gasteiger partial charge on any atom is 0.248 e. The zero-order chi connectivity index (χ0) is 21.5. The Balaban J connectivity index is 1.35. The Labute approximate surface area is 179 Å². The molecule has 0 saturated carbocycles. The molecular formula is C24H20N4O3. The molecule has 0 radical (unpaired) electrons. The summed E-state index contributed by atoms with van der Waals surface area (Å²) in [6, 6.07) is 18.8. The van der Waals surface area contributed by atoms with Crippen molar-refractivity contribution < 1.29 is 13.9 Å². The smallest absolute Gasteiger partial charge is 0.248 e. The van der Waals surface area contributed by atoms with Crippen LogP contribution in [0.5, 0.6) is 5.75 Å². The number of nitrogens with zero attached hydrogens (tertiary/aromatic N) is 3. The van der Waals surface area contributed by atoms with Crippen LogP contribution in [0.3, 0.4) is 0 Å². The van der Waals surface area contributed by atoms with E-state index in [1.807, 2.05) is 67.6 Å². The van der Waals surface area contributed by atoms with E-state index in [4.69, 9.17) is 9.15 Å². The molecule has 7 heteroatoms. The molecule has 0 spiro atoms. The topological polar surface area (TPSA) is 90.1 Å². The van der Waals surface area contributed by atoms with Crippen LogP contribution >= 0.6 is 0 Å². The standard InChI is InChI=1S/C24H20N4O3/c1-17-5-9-19(24-28-26-16-31-24)14-22(17)27-23(29)12-8-18-6-10-21(11-7-18)30-15-20-4-2-3-13-25-20/h2-14,16H,15H2,1H3,(H,27,29)/b12-8+. The Morgan fingerprint density at radius 3 is 2.74 bits per heavy atom. The second-order valence-electron chi connectivity index (χ2n) is 6.77. The number of aryl methyl sites for hydroxylation is 1. The number of hydrogen-bond donors (Lipinski definition) is 1. The summed E-state index contributed by atoms with van der Waals surface area (Å²) < 4.78 is 10.9. The first-order valence-electron chi connectivity index (χ1n) is 9.66. The first-order chi connectivity index (χ1) is 15.2. The number of pyridine rings is 1. The molecule has 1 amide bonds. The van der Waals surface area contributed by atoms with Crippen LogP contribution in [-0.2, 0) is 11.4 Å². The van der Waals surface area contributed by atoms with Gasteiger partial charge in [0.1, 0.15) is 12.4 Å². The lowest BCUT2D eigenvalue weighted by atomic mass is 10.1. The average molecular weight is 412 g/mol. The molecule has 0 atom stereocenters. The molecule has 2 heterocycles. The molecule has 0 aliphatic heterocycles. The summed E-state index contributed by atoms with van der Waals surface area (Å²) in [4.78, 5) is 16.6. The number of hydrogen-bond acceptors (Lipinski definition) is 6. The third kappa shape index (κ3) is 5.42. The number of aromatic nitrogens is 3. The Hall–Kier alpha value is -4.26. The van der Waals surface area contributed by atoms with Gasteiger partial charge in [-0.3, -0.25) is 9.78 Å². The lowest BCUT2D eigenvalue weighted by molar-refractivity contribution is -0.111. The summed E-state index contributed by atoms with van der Waals surface area (Å²) >= 11 is 0. The second kappa shape index (κ2) is 9.49. The monoisotopic (exact) mass is 412 g/mol. The van der Waals surface area contributed by atoms with Gasteiger partial charge >= 0.3 is 0 Å². The van der Waals surface area contributed by atoms with E-state index in [-0.39, 0.29) is 5.91 Å². The van der Waals surface area contributed by atoms with Gasteiger partial charge < -0.3 is 14.5 Å². The maximum atomic E-state index is 12.4. The first kappa shape index (κ1) is 20.0. The van der Waals surface area contributed by atoms with Crippen LogP contribution < -0.4 is 10.1 Å². The summed E-state index contributed by atoms with van der Waals surface area (Å²) in [7, 11) is 0. The van der Waals surface area contributed by atoms with Crippen molar-refractivity contribution >= 4 is 17.7 Å². The Kier molecular flexibility index (Phi) is 6.13. The van der Waals surface area contributed by atoms with Gasteiger partial charge in [-0.25, -0.2) is 0 Å². The molecule has 0 saturated heterocycles. The van der Waals surface area contributed by atoms with Crippen LogP contribution in [0.15, 0.2) is 83.7 Å². The van der Waals surface area contributed by atoms with Crippen molar-refractivity contribution in [3.05, 3.63) is 96.2 Å². The van der Waals surface area contributed by atoms with Crippen molar-refractivity contribution in [2.45, 2.75) is 13.5 Å². The number of nitrogens with one attached hydrogen (secondary N) is 1. The van der Waals surface area contributed by atoms with Crippen LogP contribution in [-0.4, -0.2) is 21.1 Å². The number of amides is 1. The number of anilines is 1. The highest BCUT2D eigenvalue weighted by Crippen LogP contribution is 2.24. The maximum absolute atomic E-state index is 12.4. The largest absolute Gasteiger partial charge is 0.487 e. The van der Waals surface area contributed by atoms with E-state index in [2.05, 4.69) is 20.5 Å². The number of rotatable bonds is 7. The molecule has 1 N–H and O–H groups in total. The molecule has 0 fully saturated rings. The van der Waals surface area contributed by atoms with Crippen molar-refractivity contribution in [2.24, 2.45) is 0 Å². The van der Waals surface area contributed by atoms with Gasteiger partial charge in [-0.1, -0.05) is 24.3 Å². The third-order valence-corrected chi connectivity index (χ3v) is 4.52. The Morgan fingerprint density at radius 1 is 1.13 bits per heavy atom. The van der Waals surface area contributed by atoms with Gasteiger partial charge in [-0.2, -0.15) is 0 Å². The fourth-order valence-corrected chi connectivity index (χ4v) is 2.85. The SMILES string of the molecule is Cc1ccc(-c2nnco2)cc1NC(=O)/C=C/c1ccc(OCc2ccccn2)cc1. The number of carbonyl (C=O) groups excluding carboxylic acids is 1. The molecule has 4 rings (SSSR count). The van der Waals surface area contributed by atoms with E-state index in [1.165, 1.54) is 12.5 Å². The van der Waals surface area contributed by atoms with Gasteiger partial charge in [-0.05, 0) is 60.5 Å². The van der Waals surface area contributed by atoms with E-state index >= 15 is 0 Å². The van der Waals surface area contributed by atoms with Gasteiger partial charge in [0.2, 0.25) is 18.2 Å². The zero-order valence-electron chi connectivity index (χ0n) is 16.9. The third-order valence-electron chi connectivity index (χ3n) is 4.52. The molecule has 2 aromatic carbocycles. The van der Waals surface area contributed by atoms with E-state index in [0.29, 0.717) is 18.2 Å². The summed E-state index contributed by atoms with van der Waals surface area (Å²) in [5.41, 5.74) is 4.10. The highest BCUT2D eigenvalue weighted by Gasteiger charge is 2.08. The quantitative estimate of drug-likeness (QED) is 0.444. The highest BCUT2D eigenvalue weighted by molar-refractivity contribution is 6.02. The molecule has 7 nitrogen and oxygen atoms in total. The predicted molar refractivity (Wildman–Crippen MR) is 117 cm³/mol. The fraction of sp³-hybridized carbons (Fsp3) is 0.0833. The van der Waals surface area contributed by atoms with Gasteiger partial charge in [0.25, 0.3) is 0 Å². The fourth-order valence-electron chi connectivity index (χ4n) is 2.85. The molecule has 0 aliphatic rings.